The second kappa shape index (κ2) is 4.88. The molecule has 6 heteroatoms. The number of halogens is 1. The number of hydrogen-bond donors (Lipinski definition) is 0. The van der Waals surface area contributed by atoms with Gasteiger partial charge >= 0.3 is 0 Å². The van der Waals surface area contributed by atoms with E-state index >= 15 is 0 Å². The molecule has 0 unspecified atom stereocenters. The zero-order chi connectivity index (χ0) is 12.3. The number of nitrogens with zero attached hydrogens (tertiary/aromatic N) is 1. The van der Waals surface area contributed by atoms with Gasteiger partial charge in [0, 0.05) is 21.6 Å². The van der Waals surface area contributed by atoms with E-state index in [-0.39, 0.29) is 5.03 Å². The maximum Gasteiger partial charge on any atom is 0.279 e. The molecule has 0 saturated carbocycles. The highest BCUT2D eigenvalue weighted by Crippen LogP contribution is 2.17. The van der Waals surface area contributed by atoms with Gasteiger partial charge in [-0.2, -0.15) is 0 Å². The molecule has 0 saturated heterocycles. The Hall–Kier alpha value is -1.35. The zero-order valence-electron chi connectivity index (χ0n) is 8.42. The van der Waals surface area contributed by atoms with E-state index in [2.05, 4.69) is 16.8 Å². The maximum atomic E-state index is 11.0. The van der Waals surface area contributed by atoms with Crippen molar-refractivity contribution < 1.29 is 8.42 Å². The van der Waals surface area contributed by atoms with Crippen molar-refractivity contribution in [3.8, 4) is 11.8 Å². The van der Waals surface area contributed by atoms with Gasteiger partial charge in [0.15, 0.2) is 10.0 Å². The highest BCUT2D eigenvalue weighted by molar-refractivity contribution is 8.13. The SMILES string of the molecule is O=S(=O)(Cl)c1csc(C#Cc2ccccc2)n1. The summed E-state index contributed by atoms with van der Waals surface area (Å²) in [6.07, 6.45) is 0. The molecule has 1 aromatic heterocycles. The van der Waals surface area contributed by atoms with Crippen molar-refractivity contribution in [3.63, 3.8) is 0 Å². The number of benzene rings is 1. The lowest BCUT2D eigenvalue weighted by Crippen LogP contribution is -1.90. The molecule has 1 aromatic carbocycles. The van der Waals surface area contributed by atoms with Gasteiger partial charge in [0.2, 0.25) is 0 Å². The Bertz CT molecular complexity index is 681. The van der Waals surface area contributed by atoms with E-state index in [1.165, 1.54) is 5.38 Å². The Balaban J connectivity index is 2.27. The fourth-order valence-corrected chi connectivity index (χ4v) is 2.89. The smallest absolute Gasteiger partial charge is 0.215 e. The summed E-state index contributed by atoms with van der Waals surface area (Å²) >= 11 is 1.15. The molecule has 0 aliphatic carbocycles. The minimum absolute atomic E-state index is 0.151. The van der Waals surface area contributed by atoms with Gasteiger partial charge in [-0.3, -0.25) is 0 Å². The van der Waals surface area contributed by atoms with Crippen LogP contribution in [0.2, 0.25) is 0 Å². The van der Waals surface area contributed by atoms with Gasteiger partial charge in [-0.1, -0.05) is 24.1 Å². The normalized spacial score (nSPS) is 10.6. The van der Waals surface area contributed by atoms with Crippen LogP contribution < -0.4 is 0 Å². The average Bonchev–Trinajstić information content (AvgIpc) is 2.76. The number of aromatic nitrogens is 1. The molecule has 0 aliphatic rings. The summed E-state index contributed by atoms with van der Waals surface area (Å²) in [6.45, 7) is 0. The van der Waals surface area contributed by atoms with E-state index in [0.29, 0.717) is 5.01 Å². The van der Waals surface area contributed by atoms with E-state index in [1.807, 2.05) is 30.3 Å². The summed E-state index contributed by atoms with van der Waals surface area (Å²) in [6, 6.07) is 9.37. The lowest BCUT2D eigenvalue weighted by Gasteiger charge is -1.85. The molecule has 86 valence electrons. The quantitative estimate of drug-likeness (QED) is 0.597. The minimum atomic E-state index is -3.76. The van der Waals surface area contributed by atoms with Gasteiger partial charge in [-0.15, -0.1) is 11.3 Å². The van der Waals surface area contributed by atoms with Crippen LogP contribution in [0, 0.1) is 11.8 Å². The lowest BCUT2D eigenvalue weighted by molar-refractivity contribution is 0.607. The number of rotatable bonds is 1. The topological polar surface area (TPSA) is 47.0 Å². The third kappa shape index (κ3) is 3.30. The minimum Gasteiger partial charge on any atom is -0.215 e. The summed E-state index contributed by atoms with van der Waals surface area (Å²) in [5.74, 6) is 5.67. The van der Waals surface area contributed by atoms with Crippen molar-refractivity contribution in [2.24, 2.45) is 0 Å². The highest BCUT2D eigenvalue weighted by Gasteiger charge is 2.13. The maximum absolute atomic E-state index is 11.0. The fourth-order valence-electron chi connectivity index (χ4n) is 1.08. The summed E-state index contributed by atoms with van der Waals surface area (Å²) in [4.78, 5) is 3.82. The van der Waals surface area contributed by atoms with Crippen LogP contribution in [0.1, 0.15) is 10.6 Å². The second-order valence-electron chi connectivity index (χ2n) is 3.04. The van der Waals surface area contributed by atoms with Gasteiger partial charge in [0.25, 0.3) is 9.05 Å². The predicted molar refractivity (Wildman–Crippen MR) is 67.6 cm³/mol. The third-order valence-electron chi connectivity index (χ3n) is 1.82. The van der Waals surface area contributed by atoms with Crippen LogP contribution >= 0.6 is 22.0 Å². The van der Waals surface area contributed by atoms with Crippen molar-refractivity contribution in [2.45, 2.75) is 5.03 Å². The molecule has 0 bridgehead atoms. The monoisotopic (exact) mass is 283 g/mol. The number of hydrogen-bond acceptors (Lipinski definition) is 4. The molecule has 0 N–H and O–H groups in total. The average molecular weight is 284 g/mol. The largest absolute Gasteiger partial charge is 0.279 e. The summed E-state index contributed by atoms with van der Waals surface area (Å²) < 4.78 is 22.0. The first-order chi connectivity index (χ1) is 8.05. The first-order valence-electron chi connectivity index (χ1n) is 4.53. The second-order valence-corrected chi connectivity index (χ2v) is 6.42. The third-order valence-corrected chi connectivity index (χ3v) is 3.91. The van der Waals surface area contributed by atoms with E-state index < -0.39 is 9.05 Å². The Morgan fingerprint density at radius 2 is 1.88 bits per heavy atom. The Morgan fingerprint density at radius 3 is 2.47 bits per heavy atom. The predicted octanol–water partition coefficient (Wildman–Crippen LogP) is 2.47. The van der Waals surface area contributed by atoms with Crippen LogP contribution in [0.4, 0.5) is 0 Å². The Labute approximate surface area is 108 Å². The van der Waals surface area contributed by atoms with Crippen LogP contribution in [-0.2, 0) is 9.05 Å². The molecular formula is C11H6ClNO2S2. The van der Waals surface area contributed by atoms with Crippen LogP contribution in [0.15, 0.2) is 40.7 Å². The first-order valence-corrected chi connectivity index (χ1v) is 7.72. The molecule has 0 amide bonds. The van der Waals surface area contributed by atoms with E-state index in [0.717, 1.165) is 16.9 Å². The summed E-state index contributed by atoms with van der Waals surface area (Å²) in [5.41, 5.74) is 0.845. The van der Waals surface area contributed by atoms with Crippen molar-refractivity contribution >= 4 is 31.1 Å². The molecule has 2 aromatic rings. The van der Waals surface area contributed by atoms with E-state index in [4.69, 9.17) is 10.7 Å². The molecule has 0 radical (unpaired) electrons. The summed E-state index contributed by atoms with van der Waals surface area (Å²) in [5, 5.41) is 1.65. The van der Waals surface area contributed by atoms with Crippen molar-refractivity contribution in [1.29, 1.82) is 0 Å². The molecule has 0 fully saturated rings. The van der Waals surface area contributed by atoms with Gasteiger partial charge in [-0.05, 0) is 18.1 Å². The van der Waals surface area contributed by atoms with E-state index in [1.54, 1.807) is 0 Å². The van der Waals surface area contributed by atoms with Gasteiger partial charge in [0.1, 0.15) is 0 Å². The van der Waals surface area contributed by atoms with Gasteiger partial charge in [-0.25, -0.2) is 13.4 Å². The van der Waals surface area contributed by atoms with Crippen molar-refractivity contribution in [3.05, 3.63) is 46.3 Å². The van der Waals surface area contributed by atoms with Crippen LogP contribution in [-0.4, -0.2) is 13.4 Å². The lowest BCUT2D eigenvalue weighted by atomic mass is 10.2. The van der Waals surface area contributed by atoms with Crippen molar-refractivity contribution in [2.75, 3.05) is 0 Å². The molecule has 0 aliphatic heterocycles. The molecular weight excluding hydrogens is 278 g/mol. The standard InChI is InChI=1S/C11H6ClNO2S2/c12-17(14,15)11-8-16-10(13-11)7-6-9-4-2-1-3-5-9/h1-5,8H. The Kier molecular flexibility index (Phi) is 3.48. The molecule has 17 heavy (non-hydrogen) atoms. The highest BCUT2D eigenvalue weighted by atomic mass is 35.7. The van der Waals surface area contributed by atoms with E-state index in [9.17, 15) is 8.42 Å². The van der Waals surface area contributed by atoms with Crippen molar-refractivity contribution in [1.82, 2.24) is 4.98 Å². The molecule has 1 heterocycles. The zero-order valence-corrected chi connectivity index (χ0v) is 10.8. The van der Waals surface area contributed by atoms with Crippen LogP contribution in [0.5, 0.6) is 0 Å². The number of thiazole rings is 1. The molecule has 0 spiro atoms. The van der Waals surface area contributed by atoms with Crippen LogP contribution in [0.25, 0.3) is 0 Å². The van der Waals surface area contributed by atoms with Gasteiger partial charge < -0.3 is 0 Å². The molecule has 3 nitrogen and oxygen atoms in total. The van der Waals surface area contributed by atoms with Gasteiger partial charge in [0.05, 0.1) is 0 Å². The van der Waals surface area contributed by atoms with Crippen LogP contribution in [0.3, 0.4) is 0 Å². The summed E-state index contributed by atoms with van der Waals surface area (Å²) in [7, 11) is 1.40. The molecule has 2 rings (SSSR count). The Morgan fingerprint density at radius 1 is 1.18 bits per heavy atom. The fraction of sp³-hybridized carbons (Fsp3) is 0. The first kappa shape index (κ1) is 12.1. The molecule has 0 atom stereocenters.